The van der Waals surface area contributed by atoms with Crippen molar-refractivity contribution in [2.75, 3.05) is 19.6 Å². The summed E-state index contributed by atoms with van der Waals surface area (Å²) in [5, 5.41) is 4.90. The van der Waals surface area contributed by atoms with E-state index < -0.39 is 10.8 Å². The number of anilines is 12. The van der Waals surface area contributed by atoms with Crippen LogP contribution in [0.3, 0.4) is 0 Å². The number of hydrogen-bond donors (Lipinski definition) is 0. The van der Waals surface area contributed by atoms with Gasteiger partial charge in [0.1, 0.15) is 0 Å². The van der Waals surface area contributed by atoms with Gasteiger partial charge >= 0.3 is 0 Å². The summed E-state index contributed by atoms with van der Waals surface area (Å²) in [4.78, 5) is 9.63. The van der Waals surface area contributed by atoms with Gasteiger partial charge in [-0.2, -0.15) is 0 Å². The molecule has 0 N–H and O–H groups in total. The van der Waals surface area contributed by atoms with Crippen LogP contribution in [0.2, 0.25) is 0 Å². The zero-order chi connectivity index (χ0) is 93.9. The van der Waals surface area contributed by atoms with Gasteiger partial charge in [-0.25, -0.2) is 0 Å². The minimum atomic E-state index is -0.531. The van der Waals surface area contributed by atoms with E-state index in [1.807, 2.05) is 0 Å². The first-order valence-corrected chi connectivity index (χ1v) is 48.8. The Labute approximate surface area is 820 Å². The maximum absolute atomic E-state index is 2.53. The third-order valence-electron chi connectivity index (χ3n) is 30.1. The highest BCUT2D eigenvalue weighted by atomic mass is 15.2. The molecule has 0 amide bonds. The van der Waals surface area contributed by atoms with Gasteiger partial charge in [0.2, 0.25) is 0 Å². The summed E-state index contributed by atoms with van der Waals surface area (Å²) >= 11 is 0. The highest BCUT2D eigenvalue weighted by molar-refractivity contribution is 6.04. The van der Waals surface area contributed by atoms with Gasteiger partial charge in [-0.05, 0) is 341 Å². The molecule has 2 heterocycles. The molecule has 4 heteroatoms. The van der Waals surface area contributed by atoms with Crippen molar-refractivity contribution in [3.63, 3.8) is 0 Å². The predicted octanol–water partition coefficient (Wildman–Crippen LogP) is 36.8. The van der Waals surface area contributed by atoms with Gasteiger partial charge < -0.3 is 19.6 Å². The Morgan fingerprint density at radius 3 is 0.793 bits per heavy atom. The highest BCUT2D eigenvalue weighted by Gasteiger charge is 2.54. The third-order valence-corrected chi connectivity index (χ3v) is 30.1. The fourth-order valence-electron chi connectivity index (χ4n) is 24.4. The normalized spacial score (nSPS) is 12.9. The average molecular weight is 1790 g/mol. The topological polar surface area (TPSA) is 13.0 Å². The largest absolute Gasteiger partial charge is 0.310 e. The molecule has 2 spiro atoms. The lowest BCUT2D eigenvalue weighted by Crippen LogP contribution is -2.36. The van der Waals surface area contributed by atoms with Gasteiger partial charge in [-0.1, -0.05) is 376 Å². The first-order valence-electron chi connectivity index (χ1n) is 48.8. The SMILES string of the molecule is Cc1cc(C)c(-c2c(C)cc(C)c(-c3ccc(-c4ccc(N(c5ccccc5)c5cccc6ccccc56)cc4)cc3)c2C)c(C)c1-c1ccc(-c2ccc(N(c3ccccc3)c3cccc4ccccc34)cc2)cc1.c1ccc(N2c3ccccc3C3(c4ccccc4-c4ccc(-c5ccc6c(c5)C5(c7ccccc7-6)c6ccccc6N(c6ccccc6)c6ccccc65)cc43)c3ccccc32)cc1. The Morgan fingerprint density at radius 2 is 0.436 bits per heavy atom. The van der Waals surface area contributed by atoms with E-state index >= 15 is 0 Å². The van der Waals surface area contributed by atoms with Crippen LogP contribution >= 0.6 is 0 Å². The number of hydrogen-bond acceptors (Lipinski definition) is 4. The fourth-order valence-corrected chi connectivity index (χ4v) is 24.4. The zero-order valence-corrected chi connectivity index (χ0v) is 79.1. The standard InChI is InChI=1S/C74H60N2.C62H40N2/c1-49-47-51(3)73(53(5)71(49)61-35-31-55(32-36-61)57-39-43-65(44-40-57)75(63-23-9-7-10-24-63)69-29-17-21-59-19-13-15-27-67(59)69)74-52(4)48-50(2)72(54(74)6)62-37-33-56(34-38-62)58-41-45-66(46-42-58)76(64-25-11-8-12-26-64)70-30-18-22-60-20-14-16-28-68(60)70;1-3-19-43(20-4-1)63-57-31-15-11-27-51(57)61(52-28-12-16-32-58(52)63)49-25-9-7-23-45(49)47-37-35-41(39-55(47)61)42-36-38-48-46-24-8-10-26-50(46)62(56(48)40-42)53-29-13-17-33-59(53)64(44-21-5-2-6-22-44)60-34-18-14-30-54(60)62/h7-48H,1-6H3;1-40H. The van der Waals surface area contributed by atoms with Crippen LogP contribution in [0.5, 0.6) is 0 Å². The molecule has 4 nitrogen and oxygen atoms in total. The van der Waals surface area contributed by atoms with E-state index in [9.17, 15) is 0 Å². The van der Waals surface area contributed by atoms with Crippen LogP contribution in [0, 0.1) is 41.5 Å². The molecule has 664 valence electrons. The predicted molar refractivity (Wildman–Crippen MR) is 589 cm³/mol. The lowest BCUT2D eigenvalue weighted by molar-refractivity contribution is 0.752. The number of nitrogens with zero attached hydrogens (tertiary/aromatic N) is 4. The molecule has 22 aromatic rings. The quantitative estimate of drug-likeness (QED) is 0.108. The maximum Gasteiger partial charge on any atom is 0.0754 e. The molecule has 22 aromatic carbocycles. The van der Waals surface area contributed by atoms with Crippen LogP contribution in [0.15, 0.2) is 497 Å². The van der Waals surface area contributed by atoms with Crippen molar-refractivity contribution < 1.29 is 0 Å². The molecule has 0 bridgehead atoms. The summed E-state index contributed by atoms with van der Waals surface area (Å²) in [5.74, 6) is 0. The second kappa shape index (κ2) is 34.4. The molecule has 0 fully saturated rings. The van der Waals surface area contributed by atoms with E-state index in [2.05, 4.69) is 559 Å². The van der Waals surface area contributed by atoms with Gasteiger partial charge in [0.25, 0.3) is 0 Å². The molecule has 2 aliphatic heterocycles. The van der Waals surface area contributed by atoms with Crippen molar-refractivity contribution in [1.29, 1.82) is 0 Å². The van der Waals surface area contributed by atoms with Crippen molar-refractivity contribution in [3.8, 4) is 89.0 Å². The van der Waals surface area contributed by atoms with Gasteiger partial charge in [-0.15, -0.1) is 0 Å². The number of aryl methyl sites for hydroxylation is 4. The molecule has 0 aromatic heterocycles. The monoisotopic (exact) mass is 1790 g/mol. The summed E-state index contributed by atoms with van der Waals surface area (Å²) < 4.78 is 0. The van der Waals surface area contributed by atoms with E-state index in [0.717, 1.165) is 45.5 Å². The van der Waals surface area contributed by atoms with Gasteiger partial charge in [-0.3, -0.25) is 0 Å². The van der Waals surface area contributed by atoms with E-state index in [1.165, 1.54) is 211 Å². The lowest BCUT2D eigenvalue weighted by atomic mass is 9.64. The van der Waals surface area contributed by atoms with Gasteiger partial charge in [0.05, 0.1) is 45.0 Å². The summed E-state index contributed by atoms with van der Waals surface area (Å²) in [5.41, 5.74) is 51.3. The third kappa shape index (κ3) is 13.6. The van der Waals surface area contributed by atoms with E-state index in [4.69, 9.17) is 0 Å². The number of benzene rings is 22. The van der Waals surface area contributed by atoms with Crippen LogP contribution in [-0.2, 0) is 10.8 Å². The second-order valence-electron chi connectivity index (χ2n) is 37.9. The fraction of sp³-hybridized carbons (Fsp3) is 0.0588. The maximum atomic E-state index is 2.53. The minimum absolute atomic E-state index is 0.531. The van der Waals surface area contributed by atoms with Crippen LogP contribution in [-0.4, -0.2) is 0 Å². The Bertz CT molecular complexity index is 7990. The Morgan fingerprint density at radius 1 is 0.179 bits per heavy atom. The Kier molecular flexibility index (Phi) is 20.7. The van der Waals surface area contributed by atoms with E-state index in [0.29, 0.717) is 0 Å². The summed E-state index contributed by atoms with van der Waals surface area (Å²) in [6.07, 6.45) is 0. The Hall–Kier alpha value is -17.4. The number of para-hydroxylation sites is 8. The van der Waals surface area contributed by atoms with Crippen LogP contribution < -0.4 is 19.6 Å². The molecule has 0 saturated heterocycles. The summed E-state index contributed by atoms with van der Waals surface area (Å²) in [6, 6.07) is 184. The first-order chi connectivity index (χ1) is 69.0. The molecule has 0 radical (unpaired) electrons. The summed E-state index contributed by atoms with van der Waals surface area (Å²) in [6.45, 7) is 13.7. The highest BCUT2D eigenvalue weighted by Crippen LogP contribution is 2.67. The molecule has 140 heavy (non-hydrogen) atoms. The molecular weight excluding hydrogens is 1690 g/mol. The average Bonchev–Trinajstić information content (AvgIpc) is 1.50. The van der Waals surface area contributed by atoms with Crippen molar-refractivity contribution in [1.82, 2.24) is 0 Å². The van der Waals surface area contributed by atoms with Crippen molar-refractivity contribution in [2.24, 2.45) is 0 Å². The molecule has 4 aliphatic rings. The van der Waals surface area contributed by atoms with Crippen molar-refractivity contribution in [2.45, 2.75) is 52.4 Å². The second-order valence-corrected chi connectivity index (χ2v) is 37.9. The van der Waals surface area contributed by atoms with Crippen LogP contribution in [0.4, 0.5) is 68.2 Å². The zero-order valence-electron chi connectivity index (χ0n) is 79.1. The molecule has 0 saturated carbocycles. The van der Waals surface area contributed by atoms with Gasteiger partial charge in [0, 0.05) is 44.9 Å². The first kappa shape index (κ1) is 84.3. The van der Waals surface area contributed by atoms with Crippen molar-refractivity contribution >= 4 is 89.8 Å². The summed E-state index contributed by atoms with van der Waals surface area (Å²) in [7, 11) is 0. The Balaban J connectivity index is 0.000000150. The van der Waals surface area contributed by atoms with Gasteiger partial charge in [0.15, 0.2) is 0 Å². The van der Waals surface area contributed by atoms with Crippen LogP contribution in [0.25, 0.3) is 111 Å². The minimum Gasteiger partial charge on any atom is -0.310 e. The number of fused-ring (bicyclic) bond motifs is 20. The van der Waals surface area contributed by atoms with Crippen molar-refractivity contribution in [3.05, 3.63) is 575 Å². The molecule has 26 rings (SSSR count). The number of rotatable bonds is 14. The molecule has 0 atom stereocenters. The molecule has 2 aliphatic carbocycles. The van der Waals surface area contributed by atoms with E-state index in [-0.39, 0.29) is 0 Å². The molecular formula is C136H100N4. The molecule has 0 unspecified atom stereocenters. The smallest absolute Gasteiger partial charge is 0.0754 e. The van der Waals surface area contributed by atoms with Crippen LogP contribution in [0.1, 0.15) is 77.9 Å². The lowest BCUT2D eigenvalue weighted by Gasteiger charge is -2.45. The van der Waals surface area contributed by atoms with E-state index in [1.54, 1.807) is 0 Å².